The topological polar surface area (TPSA) is 88.5 Å². The predicted octanol–water partition coefficient (Wildman–Crippen LogP) is 4.30. The Kier molecular flexibility index (Phi) is 8.36. The fraction of sp³-hybridized carbons (Fsp3) is 0.500. The van der Waals surface area contributed by atoms with Crippen molar-refractivity contribution in [2.45, 2.75) is 45.1 Å². The second kappa shape index (κ2) is 11.6. The van der Waals surface area contributed by atoms with E-state index in [1.807, 2.05) is 52.3 Å². The summed E-state index contributed by atoms with van der Waals surface area (Å²) in [7, 11) is 1.60. The van der Waals surface area contributed by atoms with Gasteiger partial charge < -0.3 is 24.2 Å². The first-order valence-corrected chi connectivity index (χ1v) is 12.7. The minimum Gasteiger partial charge on any atom is -0.497 e. The van der Waals surface area contributed by atoms with Gasteiger partial charge in [0.25, 0.3) is 0 Å². The van der Waals surface area contributed by atoms with Gasteiger partial charge in [-0.05, 0) is 48.2 Å². The molecule has 0 aromatic heterocycles. The van der Waals surface area contributed by atoms with Crippen molar-refractivity contribution >= 4 is 11.9 Å². The highest BCUT2D eigenvalue weighted by Gasteiger charge is 2.48. The lowest BCUT2D eigenvalue weighted by Gasteiger charge is -2.30. The van der Waals surface area contributed by atoms with Crippen molar-refractivity contribution in [3.8, 4) is 17.2 Å². The molecule has 1 saturated heterocycles. The number of carbonyl (C=O) groups is 2. The van der Waals surface area contributed by atoms with Crippen LogP contribution in [0.15, 0.2) is 42.5 Å². The third-order valence-corrected chi connectivity index (χ3v) is 7.13. The molecule has 2 aromatic rings. The molecule has 1 fully saturated rings. The fourth-order valence-corrected chi connectivity index (χ4v) is 5.33. The summed E-state index contributed by atoms with van der Waals surface area (Å²) >= 11 is 0. The van der Waals surface area contributed by atoms with Crippen LogP contribution in [-0.2, 0) is 9.59 Å². The number of likely N-dealkylation sites (tertiary alicyclic amines) is 1. The van der Waals surface area contributed by atoms with E-state index in [2.05, 4.69) is 13.8 Å². The third-order valence-electron chi connectivity index (χ3n) is 7.13. The van der Waals surface area contributed by atoms with Gasteiger partial charge in [0.15, 0.2) is 11.5 Å². The first kappa shape index (κ1) is 25.8. The van der Waals surface area contributed by atoms with E-state index < -0.39 is 17.9 Å². The molecule has 0 radical (unpaired) electrons. The summed E-state index contributed by atoms with van der Waals surface area (Å²) in [6.45, 7) is 6.39. The van der Waals surface area contributed by atoms with Gasteiger partial charge in [0.2, 0.25) is 12.7 Å². The van der Waals surface area contributed by atoms with E-state index in [-0.39, 0.29) is 25.2 Å². The maximum atomic E-state index is 13.4. The highest BCUT2D eigenvalue weighted by atomic mass is 16.7. The Labute approximate surface area is 212 Å². The first-order valence-electron chi connectivity index (χ1n) is 12.7. The first-order chi connectivity index (χ1) is 17.5. The number of hydrogen-bond acceptors (Lipinski definition) is 6. The standard InChI is InChI=1S/C28H36N2O6/c1-4-6-14-29(13-5-2)25(31)17-30-16-22(20-9-12-23-24(15-20)36-18-35-23)26(28(32)33)27(30)19-7-10-21(34-3)11-8-19/h7-12,15,22,26-27H,4-6,13-14,16-18H2,1-3H3,(H,32,33)/t22-,26-,27+/m1/s1. The minimum absolute atomic E-state index is 0.0410. The molecule has 36 heavy (non-hydrogen) atoms. The predicted molar refractivity (Wildman–Crippen MR) is 136 cm³/mol. The Morgan fingerprint density at radius 2 is 1.75 bits per heavy atom. The van der Waals surface area contributed by atoms with E-state index in [0.717, 1.165) is 36.9 Å². The molecule has 0 spiro atoms. The molecule has 1 amide bonds. The molecule has 1 N–H and O–H groups in total. The van der Waals surface area contributed by atoms with Crippen LogP contribution in [0.2, 0.25) is 0 Å². The van der Waals surface area contributed by atoms with Crippen molar-refractivity contribution in [2.24, 2.45) is 5.92 Å². The van der Waals surface area contributed by atoms with Crippen LogP contribution in [0.3, 0.4) is 0 Å². The smallest absolute Gasteiger partial charge is 0.309 e. The van der Waals surface area contributed by atoms with Crippen LogP contribution >= 0.6 is 0 Å². The Hall–Kier alpha value is -3.26. The summed E-state index contributed by atoms with van der Waals surface area (Å²) in [5, 5.41) is 10.4. The number of methoxy groups -OCH3 is 1. The molecule has 0 bridgehead atoms. The molecule has 2 aromatic carbocycles. The Morgan fingerprint density at radius 3 is 2.42 bits per heavy atom. The van der Waals surface area contributed by atoms with Crippen molar-refractivity contribution in [3.63, 3.8) is 0 Å². The van der Waals surface area contributed by atoms with Crippen molar-refractivity contribution in [1.29, 1.82) is 0 Å². The Morgan fingerprint density at radius 1 is 1.03 bits per heavy atom. The lowest BCUT2D eigenvalue weighted by molar-refractivity contribution is -0.144. The number of benzene rings is 2. The summed E-state index contributed by atoms with van der Waals surface area (Å²) in [5.74, 6) is 0.0970. The summed E-state index contributed by atoms with van der Waals surface area (Å²) in [6.07, 6.45) is 2.85. The summed E-state index contributed by atoms with van der Waals surface area (Å²) in [6, 6.07) is 12.7. The molecule has 2 heterocycles. The number of amides is 1. The van der Waals surface area contributed by atoms with Gasteiger partial charge in [-0.2, -0.15) is 0 Å². The molecule has 3 atom stereocenters. The van der Waals surface area contributed by atoms with E-state index >= 15 is 0 Å². The zero-order valence-corrected chi connectivity index (χ0v) is 21.3. The minimum atomic E-state index is -0.884. The van der Waals surface area contributed by atoms with Crippen LogP contribution < -0.4 is 14.2 Å². The number of ether oxygens (including phenoxy) is 3. The summed E-state index contributed by atoms with van der Waals surface area (Å²) < 4.78 is 16.3. The van der Waals surface area contributed by atoms with Crippen LogP contribution in [0.1, 0.15) is 56.2 Å². The molecule has 0 aliphatic carbocycles. The Balaban J connectivity index is 1.68. The zero-order valence-electron chi connectivity index (χ0n) is 21.3. The van der Waals surface area contributed by atoms with Gasteiger partial charge in [-0.1, -0.05) is 38.5 Å². The number of fused-ring (bicyclic) bond motifs is 1. The van der Waals surface area contributed by atoms with E-state index in [0.29, 0.717) is 30.3 Å². The van der Waals surface area contributed by atoms with Crippen LogP contribution in [0.4, 0.5) is 0 Å². The highest BCUT2D eigenvalue weighted by molar-refractivity contribution is 5.79. The lowest BCUT2D eigenvalue weighted by atomic mass is 9.82. The van der Waals surface area contributed by atoms with Crippen molar-refractivity contribution < 1.29 is 28.9 Å². The molecule has 2 aliphatic heterocycles. The number of rotatable bonds is 11. The number of aliphatic carboxylic acids is 1. The molecule has 2 aliphatic rings. The summed E-state index contributed by atoms with van der Waals surface area (Å²) in [5.41, 5.74) is 1.73. The quantitative estimate of drug-likeness (QED) is 0.496. The largest absolute Gasteiger partial charge is 0.497 e. The molecule has 0 saturated carbocycles. The fourth-order valence-electron chi connectivity index (χ4n) is 5.33. The van der Waals surface area contributed by atoms with E-state index in [1.54, 1.807) is 7.11 Å². The number of nitrogens with zero attached hydrogens (tertiary/aromatic N) is 2. The normalized spacial score (nSPS) is 20.9. The molecule has 0 unspecified atom stereocenters. The van der Waals surface area contributed by atoms with E-state index in [1.165, 1.54) is 0 Å². The van der Waals surface area contributed by atoms with Crippen molar-refractivity contribution in [3.05, 3.63) is 53.6 Å². The van der Waals surface area contributed by atoms with Gasteiger partial charge >= 0.3 is 5.97 Å². The maximum Gasteiger partial charge on any atom is 0.309 e. The zero-order chi connectivity index (χ0) is 25.7. The van der Waals surface area contributed by atoms with E-state index in [9.17, 15) is 14.7 Å². The second-order valence-corrected chi connectivity index (χ2v) is 9.46. The number of unbranched alkanes of at least 4 members (excludes halogenated alkanes) is 1. The SMILES string of the molecule is CCCCN(CCC)C(=O)CN1C[C@H](c2ccc3c(c2)OCO3)[C@@H](C(=O)O)[C@@H]1c1ccc(OC)cc1. The van der Waals surface area contributed by atoms with Crippen LogP contribution in [0.25, 0.3) is 0 Å². The van der Waals surface area contributed by atoms with Crippen molar-refractivity contribution in [1.82, 2.24) is 9.80 Å². The lowest BCUT2D eigenvalue weighted by Crippen LogP contribution is -2.41. The van der Waals surface area contributed by atoms with Gasteiger partial charge in [-0.3, -0.25) is 14.5 Å². The molecular formula is C28H36N2O6. The average molecular weight is 497 g/mol. The molecule has 8 nitrogen and oxygen atoms in total. The van der Waals surface area contributed by atoms with Crippen LogP contribution in [0, 0.1) is 5.92 Å². The van der Waals surface area contributed by atoms with Crippen LogP contribution in [-0.4, -0.2) is 66.9 Å². The number of hydrogen-bond donors (Lipinski definition) is 1. The van der Waals surface area contributed by atoms with Gasteiger partial charge in [0.05, 0.1) is 19.6 Å². The molecular weight excluding hydrogens is 460 g/mol. The maximum absolute atomic E-state index is 13.4. The second-order valence-electron chi connectivity index (χ2n) is 9.46. The van der Waals surface area contributed by atoms with Gasteiger partial charge in [0.1, 0.15) is 5.75 Å². The average Bonchev–Trinajstić information content (AvgIpc) is 3.50. The van der Waals surface area contributed by atoms with Crippen LogP contribution in [0.5, 0.6) is 17.2 Å². The number of carboxylic acid groups (broad SMARTS) is 1. The monoisotopic (exact) mass is 496 g/mol. The third kappa shape index (κ3) is 5.43. The molecule has 194 valence electrons. The van der Waals surface area contributed by atoms with Crippen molar-refractivity contribution in [2.75, 3.05) is 40.1 Å². The number of carboxylic acids is 1. The molecule has 8 heteroatoms. The van der Waals surface area contributed by atoms with E-state index in [4.69, 9.17) is 14.2 Å². The number of carbonyl (C=O) groups excluding carboxylic acids is 1. The molecule has 4 rings (SSSR count). The highest BCUT2D eigenvalue weighted by Crippen LogP contribution is 2.47. The van der Waals surface area contributed by atoms with Gasteiger partial charge in [-0.25, -0.2) is 0 Å². The van der Waals surface area contributed by atoms with Gasteiger partial charge in [0, 0.05) is 31.6 Å². The summed E-state index contributed by atoms with van der Waals surface area (Å²) in [4.78, 5) is 30.1. The Bertz CT molecular complexity index is 1060. The van der Waals surface area contributed by atoms with Gasteiger partial charge in [-0.15, -0.1) is 0 Å².